The Morgan fingerprint density at radius 3 is 2.45 bits per heavy atom. The summed E-state index contributed by atoms with van der Waals surface area (Å²) in [5.74, 6) is -0.582. The summed E-state index contributed by atoms with van der Waals surface area (Å²) in [7, 11) is 1.26. The van der Waals surface area contributed by atoms with Crippen molar-refractivity contribution in [3.8, 4) is 0 Å². The predicted molar refractivity (Wildman–Crippen MR) is 73.8 cm³/mol. The number of hydrogen-bond donors (Lipinski definition) is 1. The number of nitrogens with one attached hydrogen (secondary N) is 1. The second-order valence-electron chi connectivity index (χ2n) is 6.34. The third-order valence-corrected chi connectivity index (χ3v) is 3.71. The van der Waals surface area contributed by atoms with Crippen LogP contribution in [0.25, 0.3) is 0 Å². The molecule has 1 aliphatic rings. The number of ether oxygens (including phenoxy) is 1. The highest BCUT2D eigenvalue weighted by molar-refractivity contribution is 5.85. The number of nitrogens with zero attached hydrogens (tertiary/aromatic N) is 1. The smallest absolute Gasteiger partial charge is 0.330 e. The van der Waals surface area contributed by atoms with Crippen LogP contribution in [-0.2, 0) is 19.1 Å². The topological polar surface area (TPSA) is 75.7 Å². The molecule has 0 radical (unpaired) electrons. The fourth-order valence-corrected chi connectivity index (χ4v) is 2.32. The molecule has 1 fully saturated rings. The molecule has 1 N–H and O–H groups in total. The van der Waals surface area contributed by atoms with Crippen molar-refractivity contribution in [2.75, 3.05) is 20.2 Å². The maximum absolute atomic E-state index is 12.0. The first kappa shape index (κ1) is 16.5. The minimum atomic E-state index is -0.805. The van der Waals surface area contributed by atoms with Gasteiger partial charge in [-0.05, 0) is 11.3 Å². The molecule has 2 atom stereocenters. The number of carbonyl (C=O) groups is 3. The number of esters is 1. The van der Waals surface area contributed by atoms with E-state index in [0.29, 0.717) is 13.0 Å². The highest BCUT2D eigenvalue weighted by Crippen LogP contribution is 2.34. The molecule has 0 aromatic carbocycles. The van der Waals surface area contributed by atoms with Crippen molar-refractivity contribution in [2.45, 2.75) is 40.2 Å². The molecule has 0 saturated carbocycles. The Morgan fingerprint density at radius 2 is 2.05 bits per heavy atom. The number of amides is 2. The molecule has 0 aromatic rings. The normalized spacial score (nSPS) is 20.8. The lowest BCUT2D eigenvalue weighted by Crippen LogP contribution is -2.49. The summed E-state index contributed by atoms with van der Waals surface area (Å²) in [6.45, 7) is 8.40. The van der Waals surface area contributed by atoms with Crippen molar-refractivity contribution >= 4 is 17.8 Å². The molecule has 0 spiro atoms. The van der Waals surface area contributed by atoms with Crippen molar-refractivity contribution in [1.29, 1.82) is 0 Å². The third-order valence-electron chi connectivity index (χ3n) is 3.71. The lowest BCUT2D eigenvalue weighted by molar-refractivity contribution is -0.146. The number of likely N-dealkylation sites (tertiary alicyclic amines) is 1. The van der Waals surface area contributed by atoms with Crippen LogP contribution in [0, 0.1) is 11.3 Å². The summed E-state index contributed by atoms with van der Waals surface area (Å²) in [5, 5.41) is 2.52. The maximum atomic E-state index is 12.0. The van der Waals surface area contributed by atoms with Crippen molar-refractivity contribution in [2.24, 2.45) is 11.3 Å². The zero-order valence-electron chi connectivity index (χ0n) is 12.9. The van der Waals surface area contributed by atoms with E-state index in [1.165, 1.54) is 14.0 Å². The molecule has 0 bridgehead atoms. The monoisotopic (exact) mass is 284 g/mol. The van der Waals surface area contributed by atoms with Gasteiger partial charge in [-0.25, -0.2) is 4.79 Å². The Labute approximate surface area is 119 Å². The van der Waals surface area contributed by atoms with Gasteiger partial charge in [0.1, 0.15) is 6.04 Å². The molecule has 2 amide bonds. The molecule has 2 unspecified atom stereocenters. The van der Waals surface area contributed by atoms with Crippen LogP contribution in [0.4, 0.5) is 0 Å². The van der Waals surface area contributed by atoms with Crippen molar-refractivity contribution in [3.05, 3.63) is 0 Å². The SMILES string of the molecule is COC(=O)C(CN1CC(C(C)(C)C)CC1=O)NC(C)=O. The average Bonchev–Trinajstić information content (AvgIpc) is 2.68. The van der Waals surface area contributed by atoms with E-state index >= 15 is 0 Å². The van der Waals surface area contributed by atoms with Gasteiger partial charge in [0.2, 0.25) is 11.8 Å². The van der Waals surface area contributed by atoms with Crippen LogP contribution in [0.1, 0.15) is 34.1 Å². The summed E-state index contributed by atoms with van der Waals surface area (Å²) in [6, 6.07) is -0.805. The molecule has 1 rings (SSSR count). The van der Waals surface area contributed by atoms with Gasteiger partial charge in [-0.2, -0.15) is 0 Å². The van der Waals surface area contributed by atoms with Crippen LogP contribution in [0.5, 0.6) is 0 Å². The molecule has 0 aromatic heterocycles. The van der Waals surface area contributed by atoms with E-state index < -0.39 is 12.0 Å². The van der Waals surface area contributed by atoms with Gasteiger partial charge < -0.3 is 15.0 Å². The van der Waals surface area contributed by atoms with Crippen LogP contribution in [0.3, 0.4) is 0 Å². The summed E-state index contributed by atoms with van der Waals surface area (Å²) in [4.78, 5) is 36.4. The number of hydrogen-bond acceptors (Lipinski definition) is 4. The van der Waals surface area contributed by atoms with Crippen LogP contribution < -0.4 is 5.32 Å². The Morgan fingerprint density at radius 1 is 1.45 bits per heavy atom. The summed E-state index contributed by atoms with van der Waals surface area (Å²) in [5.41, 5.74) is 0.0408. The Balaban J connectivity index is 2.72. The molecule has 1 heterocycles. The zero-order valence-corrected chi connectivity index (χ0v) is 12.9. The predicted octanol–water partition coefficient (Wildman–Crippen LogP) is 0.559. The van der Waals surface area contributed by atoms with Crippen molar-refractivity contribution in [1.82, 2.24) is 10.2 Å². The van der Waals surface area contributed by atoms with E-state index in [1.54, 1.807) is 4.90 Å². The van der Waals surface area contributed by atoms with Gasteiger partial charge in [-0.15, -0.1) is 0 Å². The molecule has 6 heteroatoms. The largest absolute Gasteiger partial charge is 0.467 e. The van der Waals surface area contributed by atoms with E-state index in [2.05, 4.69) is 30.8 Å². The van der Waals surface area contributed by atoms with E-state index in [1.807, 2.05) is 0 Å². The first-order valence-electron chi connectivity index (χ1n) is 6.78. The van der Waals surface area contributed by atoms with Gasteiger partial charge in [0.25, 0.3) is 0 Å². The molecule has 1 aliphatic heterocycles. The Hall–Kier alpha value is -1.59. The van der Waals surface area contributed by atoms with Crippen LogP contribution in [-0.4, -0.2) is 48.9 Å². The fourth-order valence-electron chi connectivity index (χ4n) is 2.32. The standard InChI is InChI=1S/C14H24N2O4/c1-9(17)15-11(13(19)20-5)8-16-7-10(6-12(16)18)14(2,3)4/h10-11H,6-8H2,1-5H3,(H,15,17). The molecular weight excluding hydrogens is 260 g/mol. The summed E-state index contributed by atoms with van der Waals surface area (Å²) in [6.07, 6.45) is 0.484. The molecule has 0 aliphatic carbocycles. The number of carbonyl (C=O) groups excluding carboxylic acids is 3. The lowest BCUT2D eigenvalue weighted by Gasteiger charge is -2.27. The molecular formula is C14H24N2O4. The van der Waals surface area contributed by atoms with Crippen LogP contribution in [0.2, 0.25) is 0 Å². The zero-order chi connectivity index (χ0) is 15.5. The van der Waals surface area contributed by atoms with E-state index in [-0.39, 0.29) is 29.7 Å². The lowest BCUT2D eigenvalue weighted by atomic mass is 9.80. The molecule has 6 nitrogen and oxygen atoms in total. The Bertz CT molecular complexity index is 400. The van der Waals surface area contributed by atoms with Gasteiger partial charge in [0, 0.05) is 19.9 Å². The maximum Gasteiger partial charge on any atom is 0.330 e. The minimum absolute atomic E-state index is 0.0178. The van der Waals surface area contributed by atoms with E-state index in [4.69, 9.17) is 0 Å². The second kappa shape index (κ2) is 6.24. The summed E-state index contributed by atoms with van der Waals surface area (Å²) >= 11 is 0. The second-order valence-corrected chi connectivity index (χ2v) is 6.34. The molecule has 1 saturated heterocycles. The third kappa shape index (κ3) is 4.21. The fraction of sp³-hybridized carbons (Fsp3) is 0.786. The first-order chi connectivity index (χ1) is 9.15. The van der Waals surface area contributed by atoms with Gasteiger partial charge >= 0.3 is 5.97 Å². The molecule has 20 heavy (non-hydrogen) atoms. The van der Waals surface area contributed by atoms with Crippen LogP contribution >= 0.6 is 0 Å². The average molecular weight is 284 g/mol. The van der Waals surface area contributed by atoms with Gasteiger partial charge in [0.05, 0.1) is 13.7 Å². The quantitative estimate of drug-likeness (QED) is 0.765. The highest BCUT2D eigenvalue weighted by atomic mass is 16.5. The Kier molecular flexibility index (Phi) is 5.14. The molecule has 114 valence electrons. The van der Waals surface area contributed by atoms with E-state index in [0.717, 1.165) is 0 Å². The van der Waals surface area contributed by atoms with Gasteiger partial charge in [-0.3, -0.25) is 9.59 Å². The van der Waals surface area contributed by atoms with Gasteiger partial charge in [-0.1, -0.05) is 20.8 Å². The van der Waals surface area contributed by atoms with Crippen molar-refractivity contribution in [3.63, 3.8) is 0 Å². The highest BCUT2D eigenvalue weighted by Gasteiger charge is 2.38. The van der Waals surface area contributed by atoms with Crippen molar-refractivity contribution < 1.29 is 19.1 Å². The number of methoxy groups -OCH3 is 1. The van der Waals surface area contributed by atoms with Crippen LogP contribution in [0.15, 0.2) is 0 Å². The minimum Gasteiger partial charge on any atom is -0.467 e. The van der Waals surface area contributed by atoms with Gasteiger partial charge in [0.15, 0.2) is 0 Å². The number of rotatable bonds is 4. The summed E-state index contributed by atoms with van der Waals surface area (Å²) < 4.78 is 4.66. The first-order valence-corrected chi connectivity index (χ1v) is 6.78. The van der Waals surface area contributed by atoms with E-state index in [9.17, 15) is 14.4 Å².